The van der Waals surface area contributed by atoms with Crippen molar-refractivity contribution >= 4 is 58.4 Å². The average molecular weight is 583 g/mol. The first-order valence-electron chi connectivity index (χ1n) is 12.6. The van der Waals surface area contributed by atoms with Gasteiger partial charge in [0.25, 0.3) is 0 Å². The minimum atomic E-state index is -4.64. The van der Waals surface area contributed by atoms with Gasteiger partial charge in [0, 0.05) is 22.7 Å². The number of hydrogen-bond acceptors (Lipinski definition) is 6. The third kappa shape index (κ3) is 8.67. The molecule has 4 N–H and O–H groups in total. The number of amides is 2. The largest absolute Gasteiger partial charge is 0.446 e. The molecule has 8 nitrogen and oxygen atoms in total. The van der Waals surface area contributed by atoms with Crippen LogP contribution in [0, 0.1) is 0 Å². The molecule has 0 aliphatic carbocycles. The van der Waals surface area contributed by atoms with Crippen LogP contribution in [-0.2, 0) is 24.1 Å². The predicted octanol–water partition coefficient (Wildman–Crippen LogP) is 7.67. The Bertz CT molecular complexity index is 1530. The summed E-state index contributed by atoms with van der Waals surface area (Å²) in [6.45, 7) is 2.10. The zero-order valence-corrected chi connectivity index (χ0v) is 22.6. The summed E-state index contributed by atoms with van der Waals surface area (Å²) in [5.41, 5.74) is 6.59. The summed E-state index contributed by atoms with van der Waals surface area (Å²) in [5, 5.41) is 12.8. The molecule has 0 spiro atoms. The average Bonchev–Trinajstić information content (AvgIpc) is 2.95. The number of carbonyl (C=O) groups excluding carboxylic acids is 2. The van der Waals surface area contributed by atoms with E-state index in [0.717, 1.165) is 53.1 Å². The first-order valence-corrected chi connectivity index (χ1v) is 13.0. The fourth-order valence-electron chi connectivity index (χ4n) is 3.97. The maximum atomic E-state index is 12.8. The highest BCUT2D eigenvalue weighted by atomic mass is 35.5. The van der Waals surface area contributed by atoms with Gasteiger partial charge in [0.2, 0.25) is 12.2 Å². The van der Waals surface area contributed by atoms with Crippen LogP contribution in [-0.4, -0.2) is 28.5 Å². The number of alkyl halides is 3. The number of aldehydes is 1. The predicted molar refractivity (Wildman–Crippen MR) is 154 cm³/mol. The van der Waals surface area contributed by atoms with Gasteiger partial charge in [-0.05, 0) is 78.4 Å². The van der Waals surface area contributed by atoms with E-state index in [4.69, 9.17) is 16.4 Å². The van der Waals surface area contributed by atoms with Gasteiger partial charge in [-0.3, -0.25) is 4.79 Å². The molecule has 3 aromatic carbocycles. The van der Waals surface area contributed by atoms with Gasteiger partial charge in [-0.15, -0.1) is 0 Å². The van der Waals surface area contributed by atoms with E-state index in [-0.39, 0.29) is 6.03 Å². The highest BCUT2D eigenvalue weighted by molar-refractivity contribution is 6.32. The van der Waals surface area contributed by atoms with E-state index in [1.54, 1.807) is 6.20 Å². The summed E-state index contributed by atoms with van der Waals surface area (Å²) in [6.07, 6.45) is -1.65. The van der Waals surface area contributed by atoms with Crippen molar-refractivity contribution in [3.8, 4) is 0 Å². The number of rotatable bonds is 3. The molecule has 0 fully saturated rings. The van der Waals surface area contributed by atoms with E-state index in [2.05, 4.69) is 50.3 Å². The van der Waals surface area contributed by atoms with Crippen LogP contribution in [0.25, 0.3) is 0 Å². The zero-order chi connectivity index (χ0) is 29.4. The lowest BCUT2D eigenvalue weighted by Crippen LogP contribution is -2.20. The Morgan fingerprint density at radius 3 is 2.44 bits per heavy atom. The van der Waals surface area contributed by atoms with Crippen LogP contribution in [0.2, 0.25) is 5.02 Å². The molecular weight excluding hydrogens is 557 g/mol. The fraction of sp³-hybridized carbons (Fsp3) is 0.172. The highest BCUT2D eigenvalue weighted by Gasteiger charge is 2.25. The second kappa shape index (κ2) is 13.1. The smallest absolute Gasteiger partial charge is 0.339 e. The van der Waals surface area contributed by atoms with Gasteiger partial charge in [-0.25, -0.2) is 9.78 Å². The number of aryl methyl sites for hydroxylation is 3. The van der Waals surface area contributed by atoms with Crippen LogP contribution in [0.4, 0.5) is 52.5 Å². The van der Waals surface area contributed by atoms with Gasteiger partial charge in [-0.1, -0.05) is 42.8 Å². The number of nitrogens with zero attached hydrogens (tertiary/aromatic N) is 2. The summed E-state index contributed by atoms with van der Waals surface area (Å²) in [4.78, 5) is 30.3. The fourth-order valence-corrected chi connectivity index (χ4v) is 4.11. The molecule has 12 heteroatoms. The molecule has 2 heterocycles. The van der Waals surface area contributed by atoms with Crippen LogP contribution < -0.4 is 21.3 Å². The van der Waals surface area contributed by atoms with Crippen molar-refractivity contribution in [3.05, 3.63) is 94.6 Å². The molecule has 0 radical (unpaired) electrons. The van der Waals surface area contributed by atoms with Crippen molar-refractivity contribution in [2.24, 2.45) is 0 Å². The summed E-state index contributed by atoms with van der Waals surface area (Å²) >= 11 is 6.35. The minimum absolute atomic E-state index is 0.288. The number of urea groups is 1. The molecule has 5 rings (SSSR count). The SMILES string of the molecule is CCc1ccc(NC(=O)Nc2ccc3cc2CCc2cccc(c2)Nc2ncc(Cl)c(n2)N3)cc1.O=CC(F)(F)F. The number of halogens is 4. The molecule has 1 aliphatic heterocycles. The molecule has 1 aliphatic rings. The molecule has 1 aromatic heterocycles. The standard InChI is InChI=1S/C27H25ClN6O.C2HF3O/c1-2-17-7-10-20(11-8-17)32-27(35)33-24-13-12-22-15-19(24)9-6-18-4-3-5-21(14-18)31-26-29-16-23(28)25(30-22)34-26;3-2(4,5)1-6/h3-5,7-8,10-16H,2,6,9H2,1H3,(H2,32,33,35)(H2,29,30,31,34);1H. The van der Waals surface area contributed by atoms with E-state index in [1.165, 1.54) is 5.56 Å². The summed E-state index contributed by atoms with van der Waals surface area (Å²) in [5.74, 6) is 0.954. The second-order valence-corrected chi connectivity index (χ2v) is 9.41. The number of fused-ring (bicyclic) bond motifs is 6. The lowest BCUT2D eigenvalue weighted by atomic mass is 10.0. The Hall–Kier alpha value is -4.64. The molecule has 0 atom stereocenters. The number of aromatic nitrogens is 2. The van der Waals surface area contributed by atoms with E-state index in [0.29, 0.717) is 16.8 Å². The Kier molecular flexibility index (Phi) is 9.41. The number of carbonyl (C=O) groups is 2. The molecule has 212 valence electrons. The molecule has 0 saturated heterocycles. The Balaban J connectivity index is 0.000000585. The van der Waals surface area contributed by atoms with Crippen LogP contribution in [0.5, 0.6) is 0 Å². The second-order valence-electron chi connectivity index (χ2n) is 9.00. The minimum Gasteiger partial charge on any atom is -0.339 e. The molecule has 0 unspecified atom stereocenters. The maximum Gasteiger partial charge on any atom is 0.446 e. The number of benzene rings is 3. The normalized spacial score (nSPS) is 12.0. The van der Waals surface area contributed by atoms with Gasteiger partial charge in [0.15, 0.2) is 5.82 Å². The molecule has 41 heavy (non-hydrogen) atoms. The highest BCUT2D eigenvalue weighted by Crippen LogP contribution is 2.29. The quantitative estimate of drug-likeness (QED) is 0.185. The molecule has 4 aromatic rings. The molecule has 6 bridgehead atoms. The van der Waals surface area contributed by atoms with Crippen LogP contribution in [0.3, 0.4) is 0 Å². The number of nitrogens with one attached hydrogen (secondary N) is 4. The molecular formula is C29H26ClF3N6O2. The first kappa shape index (κ1) is 29.3. The van der Waals surface area contributed by atoms with Crippen molar-refractivity contribution in [1.29, 1.82) is 0 Å². The monoisotopic (exact) mass is 582 g/mol. The van der Waals surface area contributed by atoms with Crippen LogP contribution in [0.15, 0.2) is 72.9 Å². The van der Waals surface area contributed by atoms with Gasteiger partial charge in [0.1, 0.15) is 5.02 Å². The van der Waals surface area contributed by atoms with E-state index in [1.807, 2.05) is 54.6 Å². The Labute approximate surface area is 239 Å². The van der Waals surface area contributed by atoms with Crippen molar-refractivity contribution in [1.82, 2.24) is 9.97 Å². The van der Waals surface area contributed by atoms with E-state index >= 15 is 0 Å². The van der Waals surface area contributed by atoms with E-state index in [9.17, 15) is 18.0 Å². The Morgan fingerprint density at radius 2 is 1.73 bits per heavy atom. The summed E-state index contributed by atoms with van der Waals surface area (Å²) in [7, 11) is 0. The lowest BCUT2D eigenvalue weighted by Gasteiger charge is -2.15. The molecule has 0 saturated carbocycles. The number of anilines is 6. The van der Waals surface area contributed by atoms with Gasteiger partial charge >= 0.3 is 12.2 Å². The van der Waals surface area contributed by atoms with Gasteiger partial charge in [0.05, 0.1) is 6.20 Å². The molecule has 2 amide bonds. The van der Waals surface area contributed by atoms with Gasteiger partial charge in [-0.2, -0.15) is 18.2 Å². The third-order valence-electron chi connectivity index (χ3n) is 5.98. The van der Waals surface area contributed by atoms with Crippen molar-refractivity contribution < 1.29 is 22.8 Å². The number of hydrogen-bond donors (Lipinski definition) is 4. The first-order chi connectivity index (χ1) is 19.6. The lowest BCUT2D eigenvalue weighted by molar-refractivity contribution is -0.156. The maximum absolute atomic E-state index is 12.8. The van der Waals surface area contributed by atoms with Gasteiger partial charge < -0.3 is 21.3 Å². The van der Waals surface area contributed by atoms with Crippen molar-refractivity contribution in [3.63, 3.8) is 0 Å². The van der Waals surface area contributed by atoms with Crippen molar-refractivity contribution in [2.75, 3.05) is 21.3 Å². The van der Waals surface area contributed by atoms with Crippen molar-refractivity contribution in [2.45, 2.75) is 32.4 Å². The van der Waals surface area contributed by atoms with E-state index < -0.39 is 12.5 Å². The van der Waals surface area contributed by atoms with Crippen LogP contribution >= 0.6 is 11.6 Å². The topological polar surface area (TPSA) is 108 Å². The zero-order valence-electron chi connectivity index (χ0n) is 21.8. The summed E-state index contributed by atoms with van der Waals surface area (Å²) < 4.78 is 31.2. The van der Waals surface area contributed by atoms with Crippen LogP contribution in [0.1, 0.15) is 23.6 Å². The summed E-state index contributed by atoms with van der Waals surface area (Å²) in [6, 6.07) is 21.5. The Morgan fingerprint density at radius 1 is 1.00 bits per heavy atom. The third-order valence-corrected chi connectivity index (χ3v) is 6.26.